The topological polar surface area (TPSA) is 120 Å². The first-order valence-corrected chi connectivity index (χ1v) is 12.8. The molecular formula is C25H37N5O4S. The highest BCUT2D eigenvalue weighted by molar-refractivity contribution is 7.83. The molecule has 1 unspecified atom stereocenters. The van der Waals surface area contributed by atoms with E-state index in [0.29, 0.717) is 35.4 Å². The Morgan fingerprint density at radius 3 is 2.49 bits per heavy atom. The van der Waals surface area contributed by atoms with Gasteiger partial charge in [0.1, 0.15) is 11.5 Å². The van der Waals surface area contributed by atoms with Gasteiger partial charge in [-0.25, -0.2) is 4.21 Å². The fourth-order valence-corrected chi connectivity index (χ4v) is 3.75. The fraction of sp³-hybridized carbons (Fsp3) is 0.480. The average Bonchev–Trinajstić information content (AvgIpc) is 3.37. The minimum atomic E-state index is -1.73. The molecule has 2 aliphatic rings. The molecule has 1 atom stereocenters. The number of carbonyl (C=O) groups excluding carboxylic acids is 1. The van der Waals surface area contributed by atoms with Gasteiger partial charge < -0.3 is 25.1 Å². The van der Waals surface area contributed by atoms with Crippen LogP contribution in [0.2, 0.25) is 0 Å². The Morgan fingerprint density at radius 2 is 1.89 bits per heavy atom. The summed E-state index contributed by atoms with van der Waals surface area (Å²) in [6.07, 6.45) is 6.91. The maximum absolute atomic E-state index is 12.1. The molecule has 1 aromatic rings. The second kappa shape index (κ2) is 13.1. The summed E-state index contributed by atoms with van der Waals surface area (Å²) >= 11 is -1.73. The van der Waals surface area contributed by atoms with Gasteiger partial charge in [0.25, 0.3) is 11.2 Å². The summed E-state index contributed by atoms with van der Waals surface area (Å²) in [5.41, 5.74) is 3.14. The first-order valence-electron chi connectivity index (χ1n) is 11.7. The molecule has 2 heterocycles. The Hall–Kier alpha value is -3.14. The van der Waals surface area contributed by atoms with Gasteiger partial charge in [-0.15, -0.1) is 8.80 Å². The van der Waals surface area contributed by atoms with E-state index in [1.807, 2.05) is 25.1 Å². The van der Waals surface area contributed by atoms with Crippen molar-refractivity contribution in [3.05, 3.63) is 58.4 Å². The maximum Gasteiger partial charge on any atom is 0.269 e. The second-order valence-corrected chi connectivity index (χ2v) is 9.73. The number of aliphatic hydroxyl groups is 1. The van der Waals surface area contributed by atoms with Gasteiger partial charge in [0, 0.05) is 31.8 Å². The number of hydrogen-bond donors (Lipinski definition) is 3. The lowest BCUT2D eigenvalue weighted by Gasteiger charge is -2.15. The zero-order valence-electron chi connectivity index (χ0n) is 21.6. The number of rotatable bonds is 6. The van der Waals surface area contributed by atoms with E-state index in [1.54, 1.807) is 20.4 Å². The molecule has 9 nitrogen and oxygen atoms in total. The van der Waals surface area contributed by atoms with Gasteiger partial charge in [-0.1, -0.05) is 40.2 Å². The molecule has 1 aliphatic carbocycles. The van der Waals surface area contributed by atoms with Crippen molar-refractivity contribution < 1.29 is 18.5 Å². The van der Waals surface area contributed by atoms with Crippen LogP contribution in [0.25, 0.3) is 0 Å². The predicted octanol–water partition coefficient (Wildman–Crippen LogP) is 4.41. The van der Waals surface area contributed by atoms with E-state index in [9.17, 15) is 14.1 Å². The number of furan rings is 1. The molecule has 35 heavy (non-hydrogen) atoms. The number of nitrogens with one attached hydrogen (secondary N) is 2. The van der Waals surface area contributed by atoms with Gasteiger partial charge in [-0.05, 0) is 36.1 Å². The molecule has 0 radical (unpaired) electrons. The van der Waals surface area contributed by atoms with Crippen molar-refractivity contribution in [2.45, 2.75) is 66.3 Å². The number of amidine groups is 2. The van der Waals surface area contributed by atoms with Gasteiger partial charge in [-0.2, -0.15) is 0 Å². The van der Waals surface area contributed by atoms with Crippen LogP contribution in [0.4, 0.5) is 0 Å². The zero-order chi connectivity index (χ0) is 26.1. The molecule has 0 bridgehead atoms. The van der Waals surface area contributed by atoms with E-state index in [4.69, 9.17) is 4.42 Å². The Labute approximate surface area is 210 Å². The zero-order valence-corrected chi connectivity index (χ0v) is 22.5. The minimum absolute atomic E-state index is 0.0940. The van der Waals surface area contributed by atoms with Crippen molar-refractivity contribution in [2.75, 3.05) is 14.1 Å². The molecule has 3 N–H and O–H groups in total. The molecule has 1 aromatic heterocycles. The number of aliphatic hydroxyl groups excluding tert-OH is 1. The Balaban J connectivity index is 0.00000137. The lowest BCUT2D eigenvalue weighted by atomic mass is 10.0. The predicted molar refractivity (Wildman–Crippen MR) is 141 cm³/mol. The number of amides is 1. The maximum atomic E-state index is 12.1. The van der Waals surface area contributed by atoms with Gasteiger partial charge in [0.05, 0.1) is 19.2 Å². The van der Waals surface area contributed by atoms with E-state index in [1.165, 1.54) is 11.3 Å². The SMILES string of the molecule is CC1=CC=C(NC2=NS(=O)N=C2NCc2cc(C(C)C)co2)CC(O)=C1CC(=O)N(C)C.CCC. The lowest BCUT2D eigenvalue weighted by molar-refractivity contribution is -0.127. The molecule has 0 spiro atoms. The fourth-order valence-electron chi connectivity index (χ4n) is 3.11. The van der Waals surface area contributed by atoms with Gasteiger partial charge in [0.2, 0.25) is 5.91 Å². The first kappa shape index (κ1) is 28.1. The van der Waals surface area contributed by atoms with Crippen LogP contribution in [0.3, 0.4) is 0 Å². The van der Waals surface area contributed by atoms with Crippen LogP contribution in [0.5, 0.6) is 0 Å². The summed E-state index contributed by atoms with van der Waals surface area (Å²) in [6, 6.07) is 1.97. The molecule has 10 heteroatoms. The molecule has 1 amide bonds. The summed E-state index contributed by atoms with van der Waals surface area (Å²) in [5.74, 6) is 1.77. The second-order valence-electron chi connectivity index (χ2n) is 8.91. The third kappa shape index (κ3) is 8.24. The van der Waals surface area contributed by atoms with Gasteiger partial charge in [0.15, 0.2) is 11.7 Å². The molecular weight excluding hydrogens is 466 g/mol. The van der Waals surface area contributed by atoms with Crippen molar-refractivity contribution >= 4 is 28.8 Å². The van der Waals surface area contributed by atoms with E-state index in [2.05, 4.69) is 47.1 Å². The Bertz CT molecular complexity index is 1090. The van der Waals surface area contributed by atoms with Gasteiger partial charge in [-0.3, -0.25) is 4.79 Å². The Kier molecular flexibility index (Phi) is 10.5. The lowest BCUT2D eigenvalue weighted by Crippen LogP contribution is -2.37. The molecule has 0 aromatic carbocycles. The van der Waals surface area contributed by atoms with Crippen LogP contribution in [0.15, 0.2) is 60.3 Å². The Morgan fingerprint density at radius 1 is 1.23 bits per heavy atom. The highest BCUT2D eigenvalue weighted by Gasteiger charge is 2.23. The number of allylic oxidation sites excluding steroid dienone is 3. The van der Waals surface area contributed by atoms with Crippen molar-refractivity contribution in [2.24, 2.45) is 8.80 Å². The molecule has 0 saturated heterocycles. The summed E-state index contributed by atoms with van der Waals surface area (Å²) in [5, 5.41) is 16.9. The van der Waals surface area contributed by atoms with Crippen LogP contribution in [0.1, 0.15) is 71.1 Å². The minimum Gasteiger partial charge on any atom is -0.512 e. The molecule has 0 fully saturated rings. The van der Waals surface area contributed by atoms with Crippen molar-refractivity contribution in [3.63, 3.8) is 0 Å². The van der Waals surface area contributed by atoms with Crippen LogP contribution in [-0.2, 0) is 22.5 Å². The van der Waals surface area contributed by atoms with Crippen molar-refractivity contribution in [3.8, 4) is 0 Å². The third-order valence-corrected chi connectivity index (χ3v) is 5.83. The third-order valence-electron chi connectivity index (χ3n) is 5.16. The van der Waals surface area contributed by atoms with Gasteiger partial charge >= 0.3 is 0 Å². The smallest absolute Gasteiger partial charge is 0.269 e. The summed E-state index contributed by atoms with van der Waals surface area (Å²) < 4.78 is 25.6. The molecule has 3 rings (SSSR count). The first-order chi connectivity index (χ1) is 16.5. The molecule has 192 valence electrons. The number of nitrogens with zero attached hydrogens (tertiary/aromatic N) is 3. The number of hydrogen-bond acceptors (Lipinski definition) is 6. The van der Waals surface area contributed by atoms with Crippen molar-refractivity contribution in [1.82, 2.24) is 15.5 Å². The summed E-state index contributed by atoms with van der Waals surface area (Å²) in [7, 11) is 3.36. The standard InChI is InChI=1S/C22H29N5O4S.C3H8/c1-13(2)15-8-17(31-12-15)11-23-21-22(26-32(30)25-21)24-16-7-6-14(3)18(19(28)9-16)10-20(29)27(4)5;1-3-2/h6-8,12-13,28H,9-11H2,1-5H3,(H,23,25)(H,24,26);3H2,1-2H3. The highest BCUT2D eigenvalue weighted by Crippen LogP contribution is 2.25. The van der Waals surface area contributed by atoms with Crippen LogP contribution in [-0.4, -0.2) is 45.9 Å². The quantitative estimate of drug-likeness (QED) is 0.529. The van der Waals surface area contributed by atoms with E-state index >= 15 is 0 Å². The number of carbonyl (C=O) groups is 1. The van der Waals surface area contributed by atoms with E-state index in [-0.39, 0.29) is 24.5 Å². The molecule has 1 aliphatic heterocycles. The summed E-state index contributed by atoms with van der Waals surface area (Å²) in [4.78, 5) is 13.6. The van der Waals surface area contributed by atoms with E-state index in [0.717, 1.165) is 16.9 Å². The van der Waals surface area contributed by atoms with Crippen LogP contribution >= 0.6 is 0 Å². The largest absolute Gasteiger partial charge is 0.512 e. The average molecular weight is 504 g/mol. The van der Waals surface area contributed by atoms with Crippen LogP contribution in [0, 0.1) is 0 Å². The van der Waals surface area contributed by atoms with Crippen LogP contribution < -0.4 is 10.6 Å². The van der Waals surface area contributed by atoms with Crippen molar-refractivity contribution in [1.29, 1.82) is 0 Å². The molecule has 0 saturated carbocycles. The van der Waals surface area contributed by atoms with E-state index < -0.39 is 11.2 Å². The monoisotopic (exact) mass is 503 g/mol. The normalized spacial score (nSPS) is 17.5. The summed E-state index contributed by atoms with van der Waals surface area (Å²) in [6.45, 7) is 10.6. The highest BCUT2D eigenvalue weighted by atomic mass is 32.2.